The molecule has 6 nitrogen and oxygen atoms in total. The molecule has 0 unspecified atom stereocenters. The highest BCUT2D eigenvalue weighted by atomic mass is 32.1. The van der Waals surface area contributed by atoms with Crippen molar-refractivity contribution in [1.29, 1.82) is 0 Å². The lowest BCUT2D eigenvalue weighted by molar-refractivity contribution is -0.116. The van der Waals surface area contributed by atoms with Gasteiger partial charge in [0.15, 0.2) is 5.78 Å². The van der Waals surface area contributed by atoms with Crippen molar-refractivity contribution in [3.8, 4) is 0 Å². The number of nitrogens with zero attached hydrogens (tertiary/aromatic N) is 2. The number of hydrogen-bond donors (Lipinski definition) is 1. The van der Waals surface area contributed by atoms with Gasteiger partial charge in [-0.15, -0.1) is 11.3 Å². The number of Topliss-reactive ketones (excluding diaryl/α,β-unsaturated/α-hetero) is 1. The summed E-state index contributed by atoms with van der Waals surface area (Å²) < 4.78 is 16.4. The third-order valence-electron chi connectivity index (χ3n) is 4.60. The molecule has 8 heteroatoms. The van der Waals surface area contributed by atoms with E-state index in [4.69, 9.17) is 0 Å². The zero-order valence-electron chi connectivity index (χ0n) is 15.7. The van der Waals surface area contributed by atoms with E-state index in [9.17, 15) is 18.8 Å². The van der Waals surface area contributed by atoms with Crippen molar-refractivity contribution in [2.45, 2.75) is 20.4 Å². The van der Waals surface area contributed by atoms with Crippen molar-refractivity contribution in [2.24, 2.45) is 0 Å². The van der Waals surface area contributed by atoms with Gasteiger partial charge in [-0.1, -0.05) is 18.2 Å². The zero-order chi connectivity index (χ0) is 20.7. The predicted octanol–water partition coefficient (Wildman–Crippen LogP) is 3.90. The number of ketones is 1. The topological polar surface area (TPSA) is 81.1 Å². The van der Waals surface area contributed by atoms with Crippen LogP contribution in [-0.4, -0.2) is 21.2 Å². The second-order valence-electron chi connectivity index (χ2n) is 6.63. The number of hydrogen-bond acceptors (Lipinski definition) is 5. The maximum atomic E-state index is 14.2. The van der Waals surface area contributed by atoms with Crippen molar-refractivity contribution in [2.75, 3.05) is 5.32 Å². The lowest BCUT2D eigenvalue weighted by Crippen LogP contribution is -2.29. The highest BCUT2D eigenvalue weighted by Crippen LogP contribution is 2.32. The van der Waals surface area contributed by atoms with Gasteiger partial charge in [0.1, 0.15) is 22.9 Å². The fraction of sp³-hybridized carbons (Fsp3) is 0.143. The highest BCUT2D eigenvalue weighted by Gasteiger charge is 2.18. The van der Waals surface area contributed by atoms with Crippen molar-refractivity contribution in [3.63, 3.8) is 0 Å². The van der Waals surface area contributed by atoms with Crippen LogP contribution < -0.4 is 10.9 Å². The largest absolute Gasteiger partial charge is 0.325 e. The quantitative estimate of drug-likeness (QED) is 0.519. The van der Waals surface area contributed by atoms with Crippen molar-refractivity contribution in [1.82, 2.24) is 9.55 Å². The summed E-state index contributed by atoms with van der Waals surface area (Å²) in [7, 11) is 0. The number of nitrogens with one attached hydrogen (secondary N) is 1. The monoisotopic (exact) mass is 409 g/mol. The molecule has 2 aromatic carbocycles. The first-order valence-electron chi connectivity index (χ1n) is 8.84. The van der Waals surface area contributed by atoms with Crippen LogP contribution in [0.5, 0.6) is 0 Å². The van der Waals surface area contributed by atoms with Crippen LogP contribution >= 0.6 is 11.3 Å². The molecule has 0 aliphatic rings. The average Bonchev–Trinajstić information content (AvgIpc) is 3.05. The van der Waals surface area contributed by atoms with Crippen LogP contribution in [0, 0.1) is 12.7 Å². The fourth-order valence-electron chi connectivity index (χ4n) is 3.18. The number of carbonyl (C=O) groups excluding carboxylic acids is 2. The minimum atomic E-state index is -0.430. The van der Waals surface area contributed by atoms with Crippen LogP contribution in [0.3, 0.4) is 0 Å². The molecule has 1 amide bonds. The van der Waals surface area contributed by atoms with E-state index in [2.05, 4.69) is 10.3 Å². The van der Waals surface area contributed by atoms with Gasteiger partial charge in [0.2, 0.25) is 5.91 Å². The molecular formula is C21H16FN3O3S. The van der Waals surface area contributed by atoms with E-state index in [0.717, 1.165) is 11.3 Å². The maximum Gasteiger partial charge on any atom is 0.272 e. The lowest BCUT2D eigenvalue weighted by Gasteiger charge is -2.10. The Morgan fingerprint density at radius 2 is 1.97 bits per heavy atom. The number of thiophene rings is 1. The van der Waals surface area contributed by atoms with Gasteiger partial charge in [-0.25, -0.2) is 9.37 Å². The summed E-state index contributed by atoms with van der Waals surface area (Å²) in [5.41, 5.74) is 0.870. The number of aryl methyl sites for hydroxylation is 1. The van der Waals surface area contributed by atoms with E-state index in [-0.39, 0.29) is 17.9 Å². The molecule has 0 aliphatic heterocycles. The number of rotatable bonds is 4. The van der Waals surface area contributed by atoms with Gasteiger partial charge in [0, 0.05) is 16.0 Å². The maximum absolute atomic E-state index is 14.2. The van der Waals surface area contributed by atoms with Gasteiger partial charge >= 0.3 is 0 Å². The van der Waals surface area contributed by atoms with Gasteiger partial charge in [0.25, 0.3) is 5.56 Å². The number of halogens is 1. The molecule has 0 bridgehead atoms. The number of fused-ring (bicyclic) bond motifs is 3. The molecule has 0 spiro atoms. The standard InChI is InChI=1S/C21H16FN3O3S/c1-11(26)13-5-3-6-14(9-13)24-17(27)10-25-12(2)23-19-18-15(22)7-4-8-16(18)29-20(19)21(25)28/h3-9H,10H2,1-2H3,(H,24,27). The van der Waals surface area contributed by atoms with E-state index < -0.39 is 11.7 Å². The highest BCUT2D eigenvalue weighted by molar-refractivity contribution is 7.25. The number of amides is 1. The van der Waals surface area contributed by atoms with Gasteiger partial charge < -0.3 is 5.32 Å². The van der Waals surface area contributed by atoms with Gasteiger partial charge in [-0.3, -0.25) is 19.0 Å². The van der Waals surface area contributed by atoms with E-state index in [1.165, 1.54) is 17.6 Å². The molecule has 0 radical (unpaired) electrons. The third-order valence-corrected chi connectivity index (χ3v) is 5.73. The molecular weight excluding hydrogens is 393 g/mol. The molecule has 1 N–H and O–H groups in total. The van der Waals surface area contributed by atoms with E-state index in [1.54, 1.807) is 43.3 Å². The molecule has 4 aromatic rings. The molecule has 0 saturated carbocycles. The number of aromatic nitrogens is 2. The van der Waals surface area contributed by atoms with E-state index in [0.29, 0.717) is 37.4 Å². The molecule has 0 fully saturated rings. The molecule has 2 aromatic heterocycles. The van der Waals surface area contributed by atoms with Crippen LogP contribution in [0.1, 0.15) is 23.1 Å². The van der Waals surface area contributed by atoms with Crippen molar-refractivity contribution in [3.05, 3.63) is 70.0 Å². The van der Waals surface area contributed by atoms with Crippen molar-refractivity contribution >= 4 is 49.0 Å². The first-order chi connectivity index (χ1) is 13.8. The zero-order valence-corrected chi connectivity index (χ0v) is 16.5. The van der Waals surface area contributed by atoms with Crippen LogP contribution in [-0.2, 0) is 11.3 Å². The Hall–Kier alpha value is -3.39. The Morgan fingerprint density at radius 3 is 2.72 bits per heavy atom. The number of carbonyl (C=O) groups is 2. The Bertz CT molecular complexity index is 1360. The SMILES string of the molecule is CC(=O)c1cccc(NC(=O)Cn2c(C)nc3c(sc4cccc(F)c43)c2=O)c1. The van der Waals surface area contributed by atoms with Crippen molar-refractivity contribution < 1.29 is 14.0 Å². The lowest BCUT2D eigenvalue weighted by atomic mass is 10.1. The number of anilines is 1. The van der Waals surface area contributed by atoms with Crippen LogP contribution in [0.2, 0.25) is 0 Å². The Labute approximate surface area is 168 Å². The van der Waals surface area contributed by atoms with E-state index >= 15 is 0 Å². The smallest absolute Gasteiger partial charge is 0.272 e. The normalized spacial score (nSPS) is 11.1. The van der Waals surface area contributed by atoms with E-state index in [1.807, 2.05) is 0 Å². The summed E-state index contributed by atoms with van der Waals surface area (Å²) in [5.74, 6) is -0.650. The first kappa shape index (κ1) is 18.9. The fourth-order valence-corrected chi connectivity index (χ4v) is 4.29. The summed E-state index contributed by atoms with van der Waals surface area (Å²) in [5, 5.41) is 3.01. The summed E-state index contributed by atoms with van der Waals surface area (Å²) in [6, 6.07) is 11.2. The molecule has 146 valence electrons. The second-order valence-corrected chi connectivity index (χ2v) is 7.68. The van der Waals surface area contributed by atoms with Gasteiger partial charge in [0.05, 0.1) is 10.9 Å². The van der Waals surface area contributed by atoms with Crippen LogP contribution in [0.15, 0.2) is 47.3 Å². The summed E-state index contributed by atoms with van der Waals surface area (Å²) >= 11 is 1.16. The van der Waals surface area contributed by atoms with Crippen LogP contribution in [0.4, 0.5) is 10.1 Å². The Morgan fingerprint density at radius 1 is 1.21 bits per heavy atom. The third kappa shape index (κ3) is 3.42. The first-order valence-corrected chi connectivity index (χ1v) is 9.66. The Kier molecular flexibility index (Phi) is 4.71. The molecule has 4 rings (SSSR count). The van der Waals surface area contributed by atoms with Crippen LogP contribution in [0.25, 0.3) is 20.3 Å². The Balaban J connectivity index is 1.69. The second kappa shape index (κ2) is 7.21. The van der Waals surface area contributed by atoms with Gasteiger partial charge in [-0.05, 0) is 38.1 Å². The molecule has 0 aliphatic carbocycles. The number of benzene rings is 2. The summed E-state index contributed by atoms with van der Waals surface area (Å²) in [6.07, 6.45) is 0. The molecule has 0 saturated heterocycles. The predicted molar refractivity (Wildman–Crippen MR) is 111 cm³/mol. The molecule has 29 heavy (non-hydrogen) atoms. The average molecular weight is 409 g/mol. The molecule has 0 atom stereocenters. The summed E-state index contributed by atoms with van der Waals surface area (Å²) in [4.78, 5) is 41.3. The van der Waals surface area contributed by atoms with Gasteiger partial charge in [-0.2, -0.15) is 0 Å². The molecule has 2 heterocycles. The summed E-state index contributed by atoms with van der Waals surface area (Å²) in [6.45, 7) is 2.81. The minimum absolute atomic E-state index is 0.111. The minimum Gasteiger partial charge on any atom is -0.325 e.